The van der Waals surface area contributed by atoms with E-state index in [0.29, 0.717) is 29.4 Å². The number of fused-ring (bicyclic) bond motifs is 1. The first-order chi connectivity index (χ1) is 17.2. The Morgan fingerprint density at radius 3 is 2.53 bits per heavy atom. The summed E-state index contributed by atoms with van der Waals surface area (Å²) < 4.78 is 39.6. The van der Waals surface area contributed by atoms with Crippen molar-refractivity contribution in [3.05, 3.63) is 54.1 Å². The predicted molar refractivity (Wildman–Crippen MR) is 135 cm³/mol. The first-order valence-corrected chi connectivity index (χ1v) is 11.4. The van der Waals surface area contributed by atoms with Gasteiger partial charge >= 0.3 is 6.18 Å². The van der Waals surface area contributed by atoms with Gasteiger partial charge in [-0.15, -0.1) is 0 Å². The lowest BCUT2D eigenvalue weighted by molar-refractivity contribution is -0.137. The van der Waals surface area contributed by atoms with Gasteiger partial charge in [0.2, 0.25) is 5.95 Å². The Morgan fingerprint density at radius 1 is 1.06 bits per heavy atom. The zero-order valence-corrected chi connectivity index (χ0v) is 20.3. The molecule has 4 aromatic rings. The molecule has 12 heteroatoms. The number of pyridine rings is 2. The number of nitrogens with two attached hydrogens (primary N) is 1. The van der Waals surface area contributed by atoms with Crippen LogP contribution in [0.1, 0.15) is 18.1 Å². The molecule has 4 N–H and O–H groups in total. The van der Waals surface area contributed by atoms with Crippen molar-refractivity contribution in [1.82, 2.24) is 29.8 Å². The SMILES string of the molecule is CCN(CCN(C)C)c1ccc(CNc2ncc(N)c(-c3c[nH]c4ncc(C(F)(F)F)cc34)n2)cn1. The minimum Gasteiger partial charge on any atom is -0.396 e. The number of aromatic nitrogens is 5. The summed E-state index contributed by atoms with van der Waals surface area (Å²) in [5.41, 5.74) is 7.43. The second-order valence-electron chi connectivity index (χ2n) is 8.58. The third kappa shape index (κ3) is 5.65. The molecule has 0 saturated carbocycles. The van der Waals surface area contributed by atoms with Gasteiger partial charge in [0.1, 0.15) is 17.2 Å². The lowest BCUT2D eigenvalue weighted by Crippen LogP contribution is -2.32. The molecule has 36 heavy (non-hydrogen) atoms. The van der Waals surface area contributed by atoms with Gasteiger partial charge < -0.3 is 25.8 Å². The summed E-state index contributed by atoms with van der Waals surface area (Å²) in [4.78, 5) is 24.3. The van der Waals surface area contributed by atoms with Crippen LogP contribution in [0.15, 0.2) is 43.0 Å². The van der Waals surface area contributed by atoms with Crippen molar-refractivity contribution < 1.29 is 13.2 Å². The molecule has 0 bridgehead atoms. The molecule has 0 atom stereocenters. The molecule has 4 rings (SSSR count). The zero-order chi connectivity index (χ0) is 25.9. The van der Waals surface area contributed by atoms with Crippen LogP contribution < -0.4 is 16.0 Å². The Bertz CT molecular complexity index is 1320. The van der Waals surface area contributed by atoms with Gasteiger partial charge in [-0.2, -0.15) is 13.2 Å². The summed E-state index contributed by atoms with van der Waals surface area (Å²) in [5.74, 6) is 1.19. The van der Waals surface area contributed by atoms with Crippen LogP contribution in [0, 0.1) is 0 Å². The molecule has 0 aliphatic rings. The molecule has 0 amide bonds. The first kappa shape index (κ1) is 25.2. The van der Waals surface area contributed by atoms with Crippen LogP contribution in [0.3, 0.4) is 0 Å². The maximum atomic E-state index is 13.2. The van der Waals surface area contributed by atoms with Crippen LogP contribution >= 0.6 is 0 Å². The average molecular weight is 500 g/mol. The number of hydrogen-bond acceptors (Lipinski definition) is 8. The quantitative estimate of drug-likeness (QED) is 0.317. The number of rotatable bonds is 9. The zero-order valence-electron chi connectivity index (χ0n) is 20.3. The molecule has 0 radical (unpaired) electrons. The molecule has 190 valence electrons. The fourth-order valence-corrected chi connectivity index (χ4v) is 3.69. The number of hydrogen-bond donors (Lipinski definition) is 3. The van der Waals surface area contributed by atoms with Crippen molar-refractivity contribution in [2.24, 2.45) is 0 Å². The molecule has 0 unspecified atom stereocenters. The van der Waals surface area contributed by atoms with Crippen LogP contribution in [-0.2, 0) is 12.7 Å². The summed E-state index contributed by atoms with van der Waals surface area (Å²) in [6, 6.07) is 4.99. The number of aromatic amines is 1. The molecule has 0 saturated heterocycles. The Hall–Kier alpha value is -3.93. The highest BCUT2D eigenvalue weighted by Gasteiger charge is 2.31. The van der Waals surface area contributed by atoms with E-state index in [9.17, 15) is 13.2 Å². The number of halogens is 3. The number of anilines is 3. The van der Waals surface area contributed by atoms with Gasteiger partial charge in [0.25, 0.3) is 0 Å². The van der Waals surface area contributed by atoms with Gasteiger partial charge in [-0.3, -0.25) is 0 Å². The molecule has 4 aromatic heterocycles. The van der Waals surface area contributed by atoms with E-state index in [0.717, 1.165) is 43.3 Å². The Morgan fingerprint density at radius 2 is 1.86 bits per heavy atom. The van der Waals surface area contributed by atoms with E-state index in [1.807, 2.05) is 26.2 Å². The van der Waals surface area contributed by atoms with E-state index in [4.69, 9.17) is 5.73 Å². The highest BCUT2D eigenvalue weighted by atomic mass is 19.4. The number of likely N-dealkylation sites (N-methyl/N-ethyl adjacent to an activating group) is 2. The van der Waals surface area contributed by atoms with E-state index < -0.39 is 11.7 Å². The normalized spacial score (nSPS) is 11.9. The molecular formula is C24H28F3N9. The topological polar surface area (TPSA) is 112 Å². The molecule has 0 spiro atoms. The standard InChI is InChI=1S/C24H28F3N9/c1-4-36(8-7-35(2)3)20-6-5-15(10-29-20)11-32-23-33-14-19(28)21(34-23)18-13-31-22-17(18)9-16(12-30-22)24(25,26)27/h5-6,9-10,12-14H,4,7-8,11,28H2,1-3H3,(H,30,31)(H,32,33,34). The van der Waals surface area contributed by atoms with E-state index in [1.165, 1.54) is 6.20 Å². The first-order valence-electron chi connectivity index (χ1n) is 11.4. The van der Waals surface area contributed by atoms with Gasteiger partial charge in [0, 0.05) is 55.7 Å². The third-order valence-corrected chi connectivity index (χ3v) is 5.71. The largest absolute Gasteiger partial charge is 0.417 e. The second kappa shape index (κ2) is 10.4. The highest BCUT2D eigenvalue weighted by Crippen LogP contribution is 2.35. The highest BCUT2D eigenvalue weighted by molar-refractivity contribution is 5.95. The summed E-state index contributed by atoms with van der Waals surface area (Å²) in [7, 11) is 4.08. The van der Waals surface area contributed by atoms with Crippen molar-refractivity contribution in [3.8, 4) is 11.3 Å². The molecule has 0 fully saturated rings. The van der Waals surface area contributed by atoms with Crippen molar-refractivity contribution in [3.63, 3.8) is 0 Å². The smallest absolute Gasteiger partial charge is 0.396 e. The van der Waals surface area contributed by atoms with Gasteiger partial charge in [0.05, 0.1) is 17.4 Å². The van der Waals surface area contributed by atoms with E-state index in [2.05, 4.69) is 47.0 Å². The van der Waals surface area contributed by atoms with Crippen molar-refractivity contribution in [1.29, 1.82) is 0 Å². The molecular weight excluding hydrogens is 471 g/mol. The Labute approximate surface area is 206 Å². The minimum absolute atomic E-state index is 0.238. The molecule has 0 aromatic carbocycles. The Balaban J connectivity index is 1.51. The summed E-state index contributed by atoms with van der Waals surface area (Å²) in [5, 5.41) is 3.41. The van der Waals surface area contributed by atoms with Crippen molar-refractivity contribution in [2.75, 3.05) is 49.7 Å². The Kier molecular flexibility index (Phi) is 7.25. The summed E-state index contributed by atoms with van der Waals surface area (Å²) >= 11 is 0. The van der Waals surface area contributed by atoms with Gasteiger partial charge in [-0.1, -0.05) is 6.07 Å². The number of nitrogen functional groups attached to an aromatic ring is 1. The number of H-pyrrole nitrogens is 1. The van der Waals surface area contributed by atoms with E-state index in [1.54, 1.807) is 12.4 Å². The van der Waals surface area contributed by atoms with E-state index >= 15 is 0 Å². The summed E-state index contributed by atoms with van der Waals surface area (Å²) in [6.45, 7) is 5.17. The fourth-order valence-electron chi connectivity index (χ4n) is 3.69. The minimum atomic E-state index is -4.51. The molecule has 0 aliphatic carbocycles. The monoisotopic (exact) mass is 499 g/mol. The maximum absolute atomic E-state index is 13.2. The number of nitrogens with zero attached hydrogens (tertiary/aromatic N) is 6. The van der Waals surface area contributed by atoms with Gasteiger partial charge in [0.15, 0.2) is 0 Å². The van der Waals surface area contributed by atoms with Crippen LogP contribution in [-0.4, -0.2) is 63.5 Å². The maximum Gasteiger partial charge on any atom is 0.417 e. The van der Waals surface area contributed by atoms with Crippen molar-refractivity contribution >= 4 is 28.5 Å². The average Bonchev–Trinajstić information content (AvgIpc) is 3.27. The third-order valence-electron chi connectivity index (χ3n) is 5.71. The molecule has 4 heterocycles. The number of nitrogens with one attached hydrogen (secondary N) is 2. The van der Waals surface area contributed by atoms with Crippen LogP contribution in [0.25, 0.3) is 22.3 Å². The van der Waals surface area contributed by atoms with Crippen LogP contribution in [0.5, 0.6) is 0 Å². The van der Waals surface area contributed by atoms with Gasteiger partial charge in [-0.25, -0.2) is 19.9 Å². The van der Waals surface area contributed by atoms with Gasteiger partial charge in [-0.05, 0) is 38.7 Å². The predicted octanol–water partition coefficient (Wildman–Crippen LogP) is 4.02. The second-order valence-corrected chi connectivity index (χ2v) is 8.58. The number of alkyl halides is 3. The van der Waals surface area contributed by atoms with Crippen LogP contribution in [0.4, 0.5) is 30.6 Å². The van der Waals surface area contributed by atoms with Crippen LogP contribution in [0.2, 0.25) is 0 Å². The van der Waals surface area contributed by atoms with E-state index in [-0.39, 0.29) is 11.1 Å². The molecule has 9 nitrogen and oxygen atoms in total. The molecule has 0 aliphatic heterocycles. The lowest BCUT2D eigenvalue weighted by atomic mass is 10.1. The van der Waals surface area contributed by atoms with Crippen molar-refractivity contribution in [2.45, 2.75) is 19.6 Å². The lowest BCUT2D eigenvalue weighted by Gasteiger charge is -2.23. The fraction of sp³-hybridized carbons (Fsp3) is 0.333. The summed E-state index contributed by atoms with van der Waals surface area (Å²) in [6.07, 6.45) is 1.04.